The summed E-state index contributed by atoms with van der Waals surface area (Å²) >= 11 is 5.95. The minimum Gasteiger partial charge on any atom is -0.488 e. The standard InChI is InChI=1S/C13H12ClN3O3/c1-19-13(18)11-7-17(16-15-11)6-10-5-8-4-9(14)2-3-12(8)20-10/h2-4,7,10H,5-6H2,1H3. The molecule has 0 saturated carbocycles. The number of carbonyl (C=O) groups is 1. The van der Waals surface area contributed by atoms with Crippen LogP contribution < -0.4 is 4.74 Å². The van der Waals surface area contributed by atoms with Gasteiger partial charge in [-0.1, -0.05) is 16.8 Å². The Morgan fingerprint density at radius 1 is 1.60 bits per heavy atom. The molecule has 0 amide bonds. The number of methoxy groups -OCH3 is 1. The molecule has 104 valence electrons. The van der Waals surface area contributed by atoms with Gasteiger partial charge in [-0.15, -0.1) is 5.10 Å². The molecule has 0 fully saturated rings. The van der Waals surface area contributed by atoms with Gasteiger partial charge in [0.1, 0.15) is 11.9 Å². The SMILES string of the molecule is COC(=O)c1cn(CC2Cc3cc(Cl)ccc3O2)nn1. The molecule has 1 atom stereocenters. The quantitative estimate of drug-likeness (QED) is 0.806. The zero-order valence-electron chi connectivity index (χ0n) is 10.7. The molecule has 6 nitrogen and oxygen atoms in total. The van der Waals surface area contributed by atoms with Gasteiger partial charge in [-0.3, -0.25) is 0 Å². The van der Waals surface area contributed by atoms with E-state index < -0.39 is 5.97 Å². The molecule has 1 aliphatic rings. The normalized spacial score (nSPS) is 16.6. The lowest BCUT2D eigenvalue weighted by Crippen LogP contribution is -2.21. The molecule has 1 aromatic heterocycles. The van der Waals surface area contributed by atoms with Crippen LogP contribution in [0.25, 0.3) is 0 Å². The van der Waals surface area contributed by atoms with E-state index in [2.05, 4.69) is 15.0 Å². The van der Waals surface area contributed by atoms with Gasteiger partial charge in [-0.25, -0.2) is 9.48 Å². The van der Waals surface area contributed by atoms with Gasteiger partial charge in [0.2, 0.25) is 0 Å². The van der Waals surface area contributed by atoms with Crippen molar-refractivity contribution in [3.8, 4) is 5.75 Å². The summed E-state index contributed by atoms with van der Waals surface area (Å²) in [6, 6.07) is 5.56. The van der Waals surface area contributed by atoms with Crippen LogP contribution in [-0.4, -0.2) is 34.2 Å². The molecule has 2 aromatic rings. The Hall–Kier alpha value is -2.08. The van der Waals surface area contributed by atoms with E-state index in [0.717, 1.165) is 17.7 Å². The van der Waals surface area contributed by atoms with Crippen LogP contribution in [0.5, 0.6) is 5.75 Å². The third kappa shape index (κ3) is 2.46. The first-order chi connectivity index (χ1) is 9.65. The second-order valence-electron chi connectivity index (χ2n) is 4.51. The van der Waals surface area contributed by atoms with Crippen LogP contribution in [0.2, 0.25) is 5.02 Å². The Balaban J connectivity index is 1.68. The molecule has 0 N–H and O–H groups in total. The van der Waals surface area contributed by atoms with Crippen molar-refractivity contribution in [2.45, 2.75) is 19.1 Å². The summed E-state index contributed by atoms with van der Waals surface area (Å²) < 4.78 is 12.0. The van der Waals surface area contributed by atoms with Crippen LogP contribution in [0.1, 0.15) is 16.1 Å². The Bertz CT molecular complexity index is 656. The van der Waals surface area contributed by atoms with Gasteiger partial charge >= 0.3 is 5.97 Å². The van der Waals surface area contributed by atoms with Crippen molar-refractivity contribution < 1.29 is 14.3 Å². The monoisotopic (exact) mass is 293 g/mol. The number of benzene rings is 1. The molecule has 0 spiro atoms. The van der Waals surface area contributed by atoms with Crippen molar-refractivity contribution in [3.63, 3.8) is 0 Å². The fourth-order valence-electron chi connectivity index (χ4n) is 2.19. The Kier molecular flexibility index (Phi) is 3.31. The summed E-state index contributed by atoms with van der Waals surface area (Å²) in [5.74, 6) is 0.339. The number of aromatic nitrogens is 3. The Morgan fingerprint density at radius 3 is 3.25 bits per heavy atom. The molecular weight excluding hydrogens is 282 g/mol. The summed E-state index contributed by atoms with van der Waals surface area (Å²) in [5, 5.41) is 8.34. The average molecular weight is 294 g/mol. The molecule has 0 radical (unpaired) electrons. The largest absolute Gasteiger partial charge is 0.488 e. The van der Waals surface area contributed by atoms with Gasteiger partial charge in [0, 0.05) is 11.4 Å². The number of fused-ring (bicyclic) bond motifs is 1. The Morgan fingerprint density at radius 2 is 2.45 bits per heavy atom. The van der Waals surface area contributed by atoms with Crippen molar-refractivity contribution in [1.29, 1.82) is 0 Å². The molecule has 1 aliphatic heterocycles. The number of rotatable bonds is 3. The summed E-state index contributed by atoms with van der Waals surface area (Å²) in [7, 11) is 1.31. The van der Waals surface area contributed by atoms with Gasteiger partial charge < -0.3 is 9.47 Å². The zero-order chi connectivity index (χ0) is 14.1. The molecular formula is C13H12ClN3O3. The van der Waals surface area contributed by atoms with E-state index >= 15 is 0 Å². The van der Waals surface area contributed by atoms with Crippen molar-refractivity contribution in [2.75, 3.05) is 7.11 Å². The maximum absolute atomic E-state index is 11.3. The van der Waals surface area contributed by atoms with Crippen LogP contribution in [0.15, 0.2) is 24.4 Å². The molecule has 0 bridgehead atoms. The first kappa shape index (κ1) is 12.9. The minimum atomic E-state index is -0.501. The molecule has 2 heterocycles. The van der Waals surface area contributed by atoms with Gasteiger partial charge in [-0.05, 0) is 23.8 Å². The highest BCUT2D eigenvalue weighted by Gasteiger charge is 2.24. The number of hydrogen-bond donors (Lipinski definition) is 0. The summed E-state index contributed by atoms with van der Waals surface area (Å²) in [4.78, 5) is 11.3. The second-order valence-corrected chi connectivity index (χ2v) is 4.95. The highest BCUT2D eigenvalue weighted by molar-refractivity contribution is 6.30. The number of hydrogen-bond acceptors (Lipinski definition) is 5. The number of esters is 1. The van der Waals surface area contributed by atoms with E-state index in [1.54, 1.807) is 16.9 Å². The molecule has 0 saturated heterocycles. The highest BCUT2D eigenvalue weighted by atomic mass is 35.5. The maximum Gasteiger partial charge on any atom is 0.360 e. The zero-order valence-corrected chi connectivity index (χ0v) is 11.5. The average Bonchev–Trinajstić information content (AvgIpc) is 3.04. The lowest BCUT2D eigenvalue weighted by Gasteiger charge is -2.09. The van der Waals surface area contributed by atoms with Crippen LogP contribution in [0.4, 0.5) is 0 Å². The number of carbonyl (C=O) groups excluding carboxylic acids is 1. The highest BCUT2D eigenvalue weighted by Crippen LogP contribution is 2.31. The predicted octanol–water partition coefficient (Wildman–Crippen LogP) is 1.72. The van der Waals surface area contributed by atoms with E-state index in [1.807, 2.05) is 12.1 Å². The van der Waals surface area contributed by atoms with E-state index in [9.17, 15) is 4.79 Å². The van der Waals surface area contributed by atoms with E-state index in [4.69, 9.17) is 16.3 Å². The topological polar surface area (TPSA) is 66.2 Å². The number of nitrogens with zero attached hydrogens (tertiary/aromatic N) is 3. The lowest BCUT2D eigenvalue weighted by molar-refractivity contribution is 0.0594. The minimum absolute atomic E-state index is 0.0457. The maximum atomic E-state index is 11.3. The van der Waals surface area contributed by atoms with E-state index in [0.29, 0.717) is 11.6 Å². The summed E-state index contributed by atoms with van der Waals surface area (Å²) in [6.45, 7) is 0.510. The second kappa shape index (κ2) is 5.13. The molecule has 3 rings (SSSR count). The molecule has 1 unspecified atom stereocenters. The number of halogens is 1. The molecule has 0 aliphatic carbocycles. The van der Waals surface area contributed by atoms with Crippen molar-refractivity contribution >= 4 is 17.6 Å². The van der Waals surface area contributed by atoms with Crippen LogP contribution in [-0.2, 0) is 17.7 Å². The lowest BCUT2D eigenvalue weighted by atomic mass is 10.1. The third-order valence-corrected chi connectivity index (χ3v) is 3.32. The van der Waals surface area contributed by atoms with Crippen molar-refractivity contribution in [3.05, 3.63) is 40.7 Å². The molecule has 1 aromatic carbocycles. The van der Waals surface area contributed by atoms with Gasteiger partial charge in [0.25, 0.3) is 0 Å². The fraction of sp³-hybridized carbons (Fsp3) is 0.308. The van der Waals surface area contributed by atoms with Crippen LogP contribution >= 0.6 is 11.6 Å². The summed E-state index contributed by atoms with van der Waals surface area (Å²) in [6.07, 6.45) is 2.25. The smallest absolute Gasteiger partial charge is 0.360 e. The van der Waals surface area contributed by atoms with Crippen LogP contribution in [0.3, 0.4) is 0 Å². The van der Waals surface area contributed by atoms with Gasteiger partial charge in [0.05, 0.1) is 19.9 Å². The molecule has 20 heavy (non-hydrogen) atoms. The first-order valence-electron chi connectivity index (χ1n) is 6.09. The molecule has 7 heteroatoms. The summed E-state index contributed by atoms with van der Waals surface area (Å²) in [5.41, 5.74) is 1.27. The third-order valence-electron chi connectivity index (χ3n) is 3.09. The Labute approximate surface area is 120 Å². The van der Waals surface area contributed by atoms with Crippen molar-refractivity contribution in [1.82, 2.24) is 15.0 Å². The predicted molar refractivity (Wildman–Crippen MR) is 70.9 cm³/mol. The van der Waals surface area contributed by atoms with E-state index in [1.165, 1.54) is 7.11 Å². The first-order valence-corrected chi connectivity index (χ1v) is 6.47. The van der Waals surface area contributed by atoms with Crippen molar-refractivity contribution in [2.24, 2.45) is 0 Å². The van der Waals surface area contributed by atoms with Gasteiger partial charge in [0.15, 0.2) is 5.69 Å². The number of ether oxygens (including phenoxy) is 2. The van der Waals surface area contributed by atoms with Gasteiger partial charge in [-0.2, -0.15) is 0 Å². The van der Waals surface area contributed by atoms with E-state index in [-0.39, 0.29) is 11.8 Å². The fourth-order valence-corrected chi connectivity index (χ4v) is 2.38. The van der Waals surface area contributed by atoms with Crippen LogP contribution in [0, 0.1) is 0 Å².